The Bertz CT molecular complexity index is 769. The number of nitrogens with zero attached hydrogens (tertiary/aromatic N) is 1. The van der Waals surface area contributed by atoms with Gasteiger partial charge in [0.15, 0.2) is 18.1 Å². The van der Waals surface area contributed by atoms with Crippen LogP contribution in [0.5, 0.6) is 11.5 Å². The first kappa shape index (κ1) is 17.1. The van der Waals surface area contributed by atoms with Crippen molar-refractivity contribution in [1.29, 1.82) is 0 Å². The maximum absolute atomic E-state index is 12.7. The summed E-state index contributed by atoms with van der Waals surface area (Å²) < 4.78 is 11.1. The number of methoxy groups -OCH3 is 1. The number of ether oxygens (including phenoxy) is 2. The summed E-state index contributed by atoms with van der Waals surface area (Å²) in [6, 6.07) is 13.8. The number of allylic oxidation sites excluding steroid dienone is 1. The van der Waals surface area contributed by atoms with Crippen LogP contribution in [-0.2, 0) is 17.6 Å². The summed E-state index contributed by atoms with van der Waals surface area (Å²) in [5.74, 6) is 1.17. The van der Waals surface area contributed by atoms with Crippen molar-refractivity contribution < 1.29 is 14.3 Å². The largest absolute Gasteiger partial charge is 0.493 e. The fourth-order valence-corrected chi connectivity index (χ4v) is 3.13. The molecule has 1 heterocycles. The van der Waals surface area contributed by atoms with Gasteiger partial charge in [-0.25, -0.2) is 0 Å². The lowest BCUT2D eigenvalue weighted by molar-refractivity contribution is -0.120. The highest BCUT2D eigenvalue weighted by Crippen LogP contribution is 2.30. The smallest absolute Gasteiger partial charge is 0.264 e. The van der Waals surface area contributed by atoms with Gasteiger partial charge in [-0.15, -0.1) is 6.58 Å². The first-order valence-electron chi connectivity index (χ1n) is 8.52. The van der Waals surface area contributed by atoms with Gasteiger partial charge in [0.2, 0.25) is 0 Å². The average Bonchev–Trinajstić information content (AvgIpc) is 2.66. The van der Waals surface area contributed by atoms with Crippen LogP contribution in [0.2, 0.25) is 0 Å². The number of benzene rings is 2. The number of para-hydroxylation sites is 1. The van der Waals surface area contributed by atoms with Crippen LogP contribution in [0.25, 0.3) is 0 Å². The lowest BCUT2D eigenvalue weighted by atomic mass is 10.0. The van der Waals surface area contributed by atoms with Crippen molar-refractivity contribution in [2.45, 2.75) is 19.3 Å². The third-order valence-corrected chi connectivity index (χ3v) is 4.37. The predicted molar refractivity (Wildman–Crippen MR) is 99.5 cm³/mol. The summed E-state index contributed by atoms with van der Waals surface area (Å²) in [6.07, 6.45) is 4.59. The van der Waals surface area contributed by atoms with Gasteiger partial charge in [-0.3, -0.25) is 4.79 Å². The summed E-state index contributed by atoms with van der Waals surface area (Å²) >= 11 is 0. The zero-order valence-corrected chi connectivity index (χ0v) is 14.5. The normalized spacial score (nSPS) is 13.1. The molecular weight excluding hydrogens is 314 g/mol. The standard InChI is InChI=1S/C21H23NO3/c1-3-7-16-11-12-19(20(14-16)24-2)25-15-21(23)22-13-6-9-17-8-4-5-10-18(17)22/h3-5,8,10-12,14H,1,6-7,9,13,15H2,2H3. The molecule has 25 heavy (non-hydrogen) atoms. The Morgan fingerprint density at radius 3 is 2.88 bits per heavy atom. The van der Waals surface area contributed by atoms with Crippen molar-refractivity contribution >= 4 is 11.6 Å². The molecule has 4 nitrogen and oxygen atoms in total. The molecule has 0 saturated heterocycles. The number of hydrogen-bond donors (Lipinski definition) is 0. The molecule has 0 atom stereocenters. The second kappa shape index (κ2) is 7.88. The molecule has 0 saturated carbocycles. The van der Waals surface area contributed by atoms with E-state index in [1.165, 1.54) is 5.56 Å². The van der Waals surface area contributed by atoms with Crippen molar-refractivity contribution in [3.05, 3.63) is 66.2 Å². The van der Waals surface area contributed by atoms with Crippen LogP contribution in [0.15, 0.2) is 55.1 Å². The first-order chi connectivity index (χ1) is 12.2. The van der Waals surface area contributed by atoms with Gasteiger partial charge in [0.25, 0.3) is 5.91 Å². The zero-order valence-electron chi connectivity index (χ0n) is 14.5. The molecule has 1 aliphatic rings. The summed E-state index contributed by atoms with van der Waals surface area (Å²) in [6.45, 7) is 4.46. The molecular formula is C21H23NO3. The van der Waals surface area contributed by atoms with E-state index in [0.717, 1.165) is 37.1 Å². The topological polar surface area (TPSA) is 38.8 Å². The molecule has 130 valence electrons. The Balaban J connectivity index is 1.70. The van der Waals surface area contributed by atoms with Crippen LogP contribution < -0.4 is 14.4 Å². The Morgan fingerprint density at radius 2 is 2.08 bits per heavy atom. The zero-order chi connectivity index (χ0) is 17.6. The van der Waals surface area contributed by atoms with E-state index in [1.807, 2.05) is 47.4 Å². The van der Waals surface area contributed by atoms with E-state index in [4.69, 9.17) is 9.47 Å². The van der Waals surface area contributed by atoms with Gasteiger partial charge in [-0.2, -0.15) is 0 Å². The van der Waals surface area contributed by atoms with Crippen LogP contribution in [0.1, 0.15) is 17.5 Å². The maximum Gasteiger partial charge on any atom is 0.264 e. The number of carbonyl (C=O) groups excluding carboxylic acids is 1. The number of amides is 1. The monoisotopic (exact) mass is 337 g/mol. The summed E-state index contributed by atoms with van der Waals surface area (Å²) in [7, 11) is 1.60. The first-order valence-corrected chi connectivity index (χ1v) is 8.52. The Kier molecular flexibility index (Phi) is 5.39. The summed E-state index contributed by atoms with van der Waals surface area (Å²) in [4.78, 5) is 14.5. The molecule has 0 unspecified atom stereocenters. The second-order valence-corrected chi connectivity index (χ2v) is 6.04. The van der Waals surface area contributed by atoms with Crippen LogP contribution in [0.3, 0.4) is 0 Å². The van der Waals surface area contributed by atoms with Gasteiger partial charge < -0.3 is 14.4 Å². The van der Waals surface area contributed by atoms with Gasteiger partial charge in [-0.1, -0.05) is 30.3 Å². The van der Waals surface area contributed by atoms with Crippen molar-refractivity contribution in [1.82, 2.24) is 0 Å². The molecule has 3 rings (SSSR count). The summed E-state index contributed by atoms with van der Waals surface area (Å²) in [5.41, 5.74) is 3.31. The SMILES string of the molecule is C=CCc1ccc(OCC(=O)N2CCCc3ccccc32)c(OC)c1. The molecule has 0 fully saturated rings. The molecule has 2 aromatic carbocycles. The van der Waals surface area contributed by atoms with E-state index >= 15 is 0 Å². The number of carbonyl (C=O) groups is 1. The Hall–Kier alpha value is -2.75. The molecule has 2 aromatic rings. The minimum atomic E-state index is -0.0376. The fourth-order valence-electron chi connectivity index (χ4n) is 3.13. The molecule has 0 bridgehead atoms. The molecule has 4 heteroatoms. The molecule has 1 amide bonds. The summed E-state index contributed by atoms with van der Waals surface area (Å²) in [5, 5.41) is 0. The van der Waals surface area contributed by atoms with E-state index in [1.54, 1.807) is 7.11 Å². The number of aryl methyl sites for hydroxylation is 1. The maximum atomic E-state index is 12.7. The molecule has 0 radical (unpaired) electrons. The van der Waals surface area contributed by atoms with Gasteiger partial charge in [0.1, 0.15) is 0 Å². The molecule has 0 aliphatic carbocycles. The second-order valence-electron chi connectivity index (χ2n) is 6.04. The van der Waals surface area contributed by atoms with Gasteiger partial charge in [-0.05, 0) is 48.6 Å². The Labute approximate surface area is 148 Å². The predicted octanol–water partition coefficient (Wildman–Crippen LogP) is 3.78. The molecule has 0 N–H and O–H groups in total. The van der Waals surface area contributed by atoms with Crippen LogP contribution >= 0.6 is 0 Å². The van der Waals surface area contributed by atoms with Crippen LogP contribution in [-0.4, -0.2) is 26.2 Å². The third kappa shape index (κ3) is 3.85. The van der Waals surface area contributed by atoms with Gasteiger partial charge in [0.05, 0.1) is 7.11 Å². The van der Waals surface area contributed by atoms with Gasteiger partial charge >= 0.3 is 0 Å². The van der Waals surface area contributed by atoms with Crippen molar-refractivity contribution in [2.24, 2.45) is 0 Å². The third-order valence-electron chi connectivity index (χ3n) is 4.37. The number of anilines is 1. The lowest BCUT2D eigenvalue weighted by Gasteiger charge is -2.29. The highest BCUT2D eigenvalue weighted by molar-refractivity contribution is 5.95. The fraction of sp³-hybridized carbons (Fsp3) is 0.286. The number of fused-ring (bicyclic) bond motifs is 1. The highest BCUT2D eigenvalue weighted by Gasteiger charge is 2.22. The van der Waals surface area contributed by atoms with Crippen LogP contribution in [0, 0.1) is 0 Å². The van der Waals surface area contributed by atoms with Crippen molar-refractivity contribution in [3.63, 3.8) is 0 Å². The van der Waals surface area contributed by atoms with E-state index in [9.17, 15) is 4.79 Å². The van der Waals surface area contributed by atoms with Crippen LogP contribution in [0.4, 0.5) is 5.69 Å². The quantitative estimate of drug-likeness (QED) is 0.753. The molecule has 0 aromatic heterocycles. The minimum Gasteiger partial charge on any atom is -0.493 e. The van der Waals surface area contributed by atoms with E-state index in [2.05, 4.69) is 12.6 Å². The van der Waals surface area contributed by atoms with Crippen molar-refractivity contribution in [3.8, 4) is 11.5 Å². The van der Waals surface area contributed by atoms with Gasteiger partial charge in [0, 0.05) is 12.2 Å². The molecule has 1 aliphatic heterocycles. The average molecular weight is 337 g/mol. The lowest BCUT2D eigenvalue weighted by Crippen LogP contribution is -2.38. The number of hydrogen-bond acceptors (Lipinski definition) is 3. The highest BCUT2D eigenvalue weighted by atomic mass is 16.5. The van der Waals surface area contributed by atoms with E-state index in [-0.39, 0.29) is 12.5 Å². The minimum absolute atomic E-state index is 0.00843. The van der Waals surface area contributed by atoms with E-state index in [0.29, 0.717) is 11.5 Å². The Morgan fingerprint density at radius 1 is 1.24 bits per heavy atom. The number of rotatable bonds is 6. The van der Waals surface area contributed by atoms with E-state index < -0.39 is 0 Å². The molecule has 0 spiro atoms. The van der Waals surface area contributed by atoms with Crippen molar-refractivity contribution in [2.75, 3.05) is 25.2 Å².